The van der Waals surface area contributed by atoms with E-state index in [1.54, 1.807) is 12.1 Å². The van der Waals surface area contributed by atoms with Crippen LogP contribution in [0.4, 0.5) is 0 Å². The van der Waals surface area contributed by atoms with E-state index in [1.165, 1.54) is 0 Å². The number of amides is 1. The monoisotopic (exact) mass is 184 g/mol. The third-order valence-corrected chi connectivity index (χ3v) is 1.62. The van der Waals surface area contributed by atoms with Crippen LogP contribution < -0.4 is 5.73 Å². The molecule has 1 rings (SSSR count). The van der Waals surface area contributed by atoms with E-state index in [2.05, 4.69) is 11.8 Å². The Morgan fingerprint density at radius 3 is 2.71 bits per heavy atom. The topological polar surface area (TPSA) is 66.9 Å². The molecule has 68 valence electrons. The fourth-order valence-corrected chi connectivity index (χ4v) is 0.988. The molecule has 14 heavy (non-hydrogen) atoms. The van der Waals surface area contributed by atoms with E-state index < -0.39 is 5.91 Å². The number of benzene rings is 1. The summed E-state index contributed by atoms with van der Waals surface area (Å²) in [6, 6.07) is 7.22. The first kappa shape index (κ1) is 9.83. The average Bonchev–Trinajstić information content (AvgIpc) is 2.15. The highest BCUT2D eigenvalue weighted by Crippen LogP contribution is 2.08. The summed E-state index contributed by atoms with van der Waals surface area (Å²) in [5.41, 5.74) is 6.84. The maximum atomic E-state index is 10.4. The maximum absolute atomic E-state index is 10.4. The van der Waals surface area contributed by atoms with Gasteiger partial charge in [-0.25, -0.2) is 0 Å². The fraction of sp³-hybridized carbons (Fsp3) is 0.0909. The van der Waals surface area contributed by atoms with Gasteiger partial charge in [0, 0.05) is 11.5 Å². The fourth-order valence-electron chi connectivity index (χ4n) is 0.988. The van der Waals surface area contributed by atoms with Crippen molar-refractivity contribution >= 4 is 5.91 Å². The summed E-state index contributed by atoms with van der Waals surface area (Å²) in [6.07, 6.45) is 0. The Balaban J connectivity index is 3.21. The van der Waals surface area contributed by atoms with Crippen molar-refractivity contribution in [1.29, 1.82) is 5.26 Å². The molecule has 0 aliphatic carbocycles. The molecular weight excluding hydrogens is 176 g/mol. The zero-order valence-corrected chi connectivity index (χ0v) is 7.66. The highest BCUT2D eigenvalue weighted by atomic mass is 16.1. The van der Waals surface area contributed by atoms with Gasteiger partial charge in [-0.15, -0.1) is 0 Å². The van der Waals surface area contributed by atoms with E-state index in [9.17, 15) is 4.79 Å². The Kier molecular flexibility index (Phi) is 2.89. The number of primary amides is 1. The van der Waals surface area contributed by atoms with Crippen LogP contribution in [0.2, 0.25) is 0 Å². The highest BCUT2D eigenvalue weighted by Gasteiger charge is 1.98. The Labute approximate surface area is 82.1 Å². The van der Waals surface area contributed by atoms with Crippen LogP contribution in [0.15, 0.2) is 18.2 Å². The van der Waals surface area contributed by atoms with Crippen molar-refractivity contribution in [1.82, 2.24) is 0 Å². The van der Waals surface area contributed by atoms with Crippen molar-refractivity contribution in [2.24, 2.45) is 5.73 Å². The predicted molar refractivity (Wildman–Crippen MR) is 52.0 cm³/mol. The predicted octanol–water partition coefficient (Wildman–Crippen LogP) is 0.704. The molecule has 1 amide bonds. The van der Waals surface area contributed by atoms with Crippen molar-refractivity contribution in [3.05, 3.63) is 34.9 Å². The molecule has 0 heterocycles. The zero-order valence-electron chi connectivity index (χ0n) is 7.66. The van der Waals surface area contributed by atoms with Gasteiger partial charge in [-0.2, -0.15) is 5.26 Å². The molecule has 0 saturated carbocycles. The number of carbonyl (C=O) groups excluding carboxylic acids is 1. The van der Waals surface area contributed by atoms with Crippen LogP contribution in [0.3, 0.4) is 0 Å². The minimum atomic E-state index is -0.699. The molecule has 0 atom stereocenters. The van der Waals surface area contributed by atoms with E-state index in [4.69, 9.17) is 11.0 Å². The quantitative estimate of drug-likeness (QED) is 0.603. The minimum Gasteiger partial charge on any atom is -0.359 e. The lowest BCUT2D eigenvalue weighted by Crippen LogP contribution is -2.06. The van der Waals surface area contributed by atoms with Gasteiger partial charge >= 0.3 is 0 Å². The van der Waals surface area contributed by atoms with Crippen molar-refractivity contribution in [2.75, 3.05) is 0 Å². The number of rotatable bonds is 0. The van der Waals surface area contributed by atoms with Crippen LogP contribution in [0.25, 0.3) is 0 Å². The van der Waals surface area contributed by atoms with Crippen LogP contribution >= 0.6 is 0 Å². The maximum Gasteiger partial charge on any atom is 0.293 e. The first-order valence-corrected chi connectivity index (χ1v) is 3.95. The van der Waals surface area contributed by atoms with Crippen molar-refractivity contribution in [2.45, 2.75) is 6.92 Å². The number of hydrogen-bond acceptors (Lipinski definition) is 2. The SMILES string of the molecule is Cc1ccc(C#N)c(C#CC(N)=O)c1. The third kappa shape index (κ3) is 2.36. The molecule has 3 nitrogen and oxygen atoms in total. The Bertz CT molecular complexity index is 472. The summed E-state index contributed by atoms with van der Waals surface area (Å²) in [4.78, 5) is 10.4. The first-order valence-electron chi connectivity index (χ1n) is 3.95. The highest BCUT2D eigenvalue weighted by molar-refractivity contribution is 5.92. The van der Waals surface area contributed by atoms with Gasteiger partial charge in [0.2, 0.25) is 0 Å². The lowest BCUT2D eigenvalue weighted by atomic mass is 10.1. The third-order valence-electron chi connectivity index (χ3n) is 1.62. The van der Waals surface area contributed by atoms with Gasteiger partial charge in [-0.05, 0) is 24.6 Å². The summed E-state index contributed by atoms with van der Waals surface area (Å²) in [5.74, 6) is 4.06. The molecule has 0 aliphatic rings. The Morgan fingerprint density at radius 1 is 1.43 bits per heavy atom. The molecule has 0 aromatic heterocycles. The Morgan fingerprint density at radius 2 is 2.14 bits per heavy atom. The number of carbonyl (C=O) groups is 1. The van der Waals surface area contributed by atoms with Crippen molar-refractivity contribution in [3.63, 3.8) is 0 Å². The van der Waals surface area contributed by atoms with Gasteiger partial charge < -0.3 is 5.73 Å². The summed E-state index contributed by atoms with van der Waals surface area (Å²) >= 11 is 0. The van der Waals surface area contributed by atoms with Gasteiger partial charge in [0.25, 0.3) is 5.91 Å². The van der Waals surface area contributed by atoms with E-state index >= 15 is 0 Å². The van der Waals surface area contributed by atoms with Gasteiger partial charge in [0.05, 0.1) is 5.56 Å². The first-order chi connectivity index (χ1) is 6.63. The molecule has 0 saturated heterocycles. The van der Waals surface area contributed by atoms with Crippen molar-refractivity contribution in [3.8, 4) is 17.9 Å². The number of nitrogens with two attached hydrogens (primary N) is 1. The molecule has 0 unspecified atom stereocenters. The van der Waals surface area contributed by atoms with E-state index in [0.29, 0.717) is 11.1 Å². The Hall–Kier alpha value is -2.26. The molecule has 1 aromatic carbocycles. The average molecular weight is 184 g/mol. The second-order valence-corrected chi connectivity index (χ2v) is 2.78. The van der Waals surface area contributed by atoms with Crippen LogP contribution in [0.1, 0.15) is 16.7 Å². The van der Waals surface area contributed by atoms with Gasteiger partial charge in [-0.3, -0.25) is 4.79 Å². The number of aryl methyl sites for hydroxylation is 1. The molecule has 1 aromatic rings. The largest absolute Gasteiger partial charge is 0.359 e. The van der Waals surface area contributed by atoms with Crippen LogP contribution in [-0.2, 0) is 4.79 Å². The van der Waals surface area contributed by atoms with Gasteiger partial charge in [-0.1, -0.05) is 12.0 Å². The zero-order chi connectivity index (χ0) is 10.6. The molecule has 0 fully saturated rings. The molecule has 0 aliphatic heterocycles. The van der Waals surface area contributed by atoms with Gasteiger partial charge in [0.15, 0.2) is 0 Å². The smallest absolute Gasteiger partial charge is 0.293 e. The normalized spacial score (nSPS) is 8.29. The summed E-state index contributed by atoms with van der Waals surface area (Å²) < 4.78 is 0. The second-order valence-electron chi connectivity index (χ2n) is 2.78. The summed E-state index contributed by atoms with van der Waals surface area (Å²) in [5, 5.41) is 8.74. The number of nitriles is 1. The number of nitrogens with zero attached hydrogens (tertiary/aromatic N) is 1. The summed E-state index contributed by atoms with van der Waals surface area (Å²) in [6.45, 7) is 1.89. The van der Waals surface area contributed by atoms with Gasteiger partial charge in [0.1, 0.15) is 6.07 Å². The second kappa shape index (κ2) is 4.11. The lowest BCUT2D eigenvalue weighted by molar-refractivity contribution is -0.112. The molecular formula is C11H8N2O. The minimum absolute atomic E-state index is 0.448. The lowest BCUT2D eigenvalue weighted by Gasteiger charge is -1.96. The van der Waals surface area contributed by atoms with Crippen LogP contribution in [0.5, 0.6) is 0 Å². The molecule has 2 N–H and O–H groups in total. The van der Waals surface area contributed by atoms with Crippen LogP contribution in [-0.4, -0.2) is 5.91 Å². The van der Waals surface area contributed by atoms with Crippen LogP contribution in [0, 0.1) is 30.1 Å². The standard InChI is InChI=1S/C11H8N2O/c1-8-2-3-10(7-12)9(6-8)4-5-11(13)14/h2-3,6H,1H3,(H2,13,14). The molecule has 0 spiro atoms. The van der Waals surface area contributed by atoms with E-state index in [-0.39, 0.29) is 0 Å². The van der Waals surface area contributed by atoms with Crippen molar-refractivity contribution < 1.29 is 4.79 Å². The van der Waals surface area contributed by atoms with E-state index in [1.807, 2.05) is 19.1 Å². The van der Waals surface area contributed by atoms with E-state index in [0.717, 1.165) is 5.56 Å². The molecule has 0 radical (unpaired) electrons. The number of hydrogen-bond donors (Lipinski definition) is 1. The summed E-state index contributed by atoms with van der Waals surface area (Å²) in [7, 11) is 0. The molecule has 0 bridgehead atoms. The molecule has 3 heteroatoms.